The van der Waals surface area contributed by atoms with Crippen molar-refractivity contribution in [2.24, 2.45) is 5.92 Å². The third kappa shape index (κ3) is 4.72. The van der Waals surface area contributed by atoms with Crippen LogP contribution < -0.4 is 10.2 Å². The van der Waals surface area contributed by atoms with Crippen LogP contribution in [0.3, 0.4) is 0 Å². The van der Waals surface area contributed by atoms with Crippen molar-refractivity contribution >= 4 is 21.6 Å². The van der Waals surface area contributed by atoms with E-state index < -0.39 is 0 Å². The molecule has 1 unspecified atom stereocenters. The Hall–Kier alpha value is -0.540. The molecule has 2 nitrogen and oxygen atoms in total. The number of hydrogen-bond donors (Lipinski definition) is 1. The molecule has 2 rings (SSSR count). The molecule has 0 amide bonds. The highest BCUT2D eigenvalue weighted by molar-refractivity contribution is 9.10. The van der Waals surface area contributed by atoms with Crippen LogP contribution in [0.25, 0.3) is 0 Å². The summed E-state index contributed by atoms with van der Waals surface area (Å²) in [7, 11) is 2.23. The summed E-state index contributed by atoms with van der Waals surface area (Å²) in [5.74, 6) is 0.878. The Morgan fingerprint density at radius 1 is 1.29 bits per heavy atom. The molecule has 0 heterocycles. The van der Waals surface area contributed by atoms with E-state index >= 15 is 0 Å². The summed E-state index contributed by atoms with van der Waals surface area (Å²) in [4.78, 5) is 2.42. The second-order valence-corrected chi connectivity index (χ2v) is 7.22. The highest BCUT2D eigenvalue weighted by atomic mass is 79.9. The van der Waals surface area contributed by atoms with Gasteiger partial charge >= 0.3 is 0 Å². The summed E-state index contributed by atoms with van der Waals surface area (Å²) in [6.07, 6.45) is 7.08. The van der Waals surface area contributed by atoms with Crippen LogP contribution in [0.2, 0.25) is 0 Å². The van der Waals surface area contributed by atoms with Gasteiger partial charge in [0.25, 0.3) is 0 Å². The molecule has 0 aromatic heterocycles. The maximum absolute atomic E-state index is 3.74. The van der Waals surface area contributed by atoms with Crippen LogP contribution in [-0.2, 0) is 0 Å². The minimum Gasteiger partial charge on any atom is -0.374 e. The predicted octanol–water partition coefficient (Wildman–Crippen LogP) is 5.14. The Morgan fingerprint density at radius 2 is 2.00 bits per heavy atom. The molecule has 1 fully saturated rings. The highest BCUT2D eigenvalue weighted by Gasteiger charge is 2.16. The molecule has 1 aromatic rings. The Labute approximate surface area is 138 Å². The van der Waals surface area contributed by atoms with Crippen LogP contribution in [0, 0.1) is 5.92 Å². The molecule has 0 spiro atoms. The van der Waals surface area contributed by atoms with Crippen LogP contribution in [-0.4, -0.2) is 20.1 Å². The quantitative estimate of drug-likeness (QED) is 0.762. The van der Waals surface area contributed by atoms with Crippen molar-refractivity contribution in [3.63, 3.8) is 0 Å². The molecule has 1 aliphatic rings. The number of nitrogens with zero attached hydrogens (tertiary/aromatic N) is 1. The normalized spacial score (nSPS) is 17.7. The van der Waals surface area contributed by atoms with Crippen LogP contribution in [0.4, 0.5) is 5.69 Å². The first-order valence-electron chi connectivity index (χ1n) is 8.35. The van der Waals surface area contributed by atoms with Gasteiger partial charge in [-0.1, -0.05) is 48.2 Å². The van der Waals surface area contributed by atoms with Crippen molar-refractivity contribution in [1.29, 1.82) is 0 Å². The molecule has 1 aromatic carbocycles. The standard InChI is InChI=1S/C18H29BrN2/c1-4-20-14(2)17-11-10-16(12-18(17)19)21(3)13-15-8-6-5-7-9-15/h10-12,14-15,20H,4-9,13H2,1-3H3. The summed E-state index contributed by atoms with van der Waals surface area (Å²) < 4.78 is 1.21. The zero-order valence-electron chi connectivity index (χ0n) is 13.7. The van der Waals surface area contributed by atoms with Crippen molar-refractivity contribution in [2.75, 3.05) is 25.0 Å². The van der Waals surface area contributed by atoms with E-state index in [0.29, 0.717) is 6.04 Å². The molecule has 118 valence electrons. The maximum atomic E-state index is 3.74. The van der Waals surface area contributed by atoms with E-state index in [2.05, 4.69) is 65.2 Å². The minimum atomic E-state index is 0.391. The summed E-state index contributed by atoms with van der Waals surface area (Å²) in [6, 6.07) is 7.18. The Kier molecular flexibility index (Phi) is 6.56. The van der Waals surface area contributed by atoms with Gasteiger partial charge in [-0.25, -0.2) is 0 Å². The third-order valence-corrected chi connectivity index (χ3v) is 5.35. The van der Waals surface area contributed by atoms with Crippen LogP contribution in [0.5, 0.6) is 0 Å². The zero-order chi connectivity index (χ0) is 15.2. The first kappa shape index (κ1) is 16.8. The lowest BCUT2D eigenvalue weighted by Gasteiger charge is -2.29. The lowest BCUT2D eigenvalue weighted by Crippen LogP contribution is -2.27. The summed E-state index contributed by atoms with van der Waals surface area (Å²) in [6.45, 7) is 6.55. The van der Waals surface area contributed by atoms with Gasteiger partial charge in [-0.2, -0.15) is 0 Å². The number of anilines is 1. The number of nitrogens with one attached hydrogen (secondary N) is 1. The first-order chi connectivity index (χ1) is 10.1. The van der Waals surface area contributed by atoms with Gasteiger partial charge in [0, 0.05) is 29.8 Å². The Balaban J connectivity index is 2.01. The number of hydrogen-bond acceptors (Lipinski definition) is 2. The van der Waals surface area contributed by atoms with E-state index in [1.54, 1.807) is 0 Å². The fourth-order valence-corrected chi connectivity index (χ4v) is 4.09. The van der Waals surface area contributed by atoms with Gasteiger partial charge in [0.05, 0.1) is 0 Å². The molecule has 21 heavy (non-hydrogen) atoms. The molecule has 0 aliphatic heterocycles. The SMILES string of the molecule is CCNC(C)c1ccc(N(C)CC2CCCCC2)cc1Br. The minimum absolute atomic E-state index is 0.391. The fraction of sp³-hybridized carbons (Fsp3) is 0.667. The highest BCUT2D eigenvalue weighted by Crippen LogP contribution is 2.30. The molecular formula is C18H29BrN2. The van der Waals surface area contributed by atoms with Gasteiger partial charge < -0.3 is 10.2 Å². The van der Waals surface area contributed by atoms with Crippen molar-refractivity contribution in [2.45, 2.75) is 52.0 Å². The summed E-state index contributed by atoms with van der Waals surface area (Å²) in [5.41, 5.74) is 2.66. The van der Waals surface area contributed by atoms with E-state index in [1.807, 2.05) is 0 Å². The van der Waals surface area contributed by atoms with Crippen LogP contribution in [0.1, 0.15) is 57.6 Å². The van der Waals surface area contributed by atoms with Gasteiger partial charge in [-0.3, -0.25) is 0 Å². The maximum Gasteiger partial charge on any atom is 0.0375 e. The largest absolute Gasteiger partial charge is 0.374 e. The summed E-state index contributed by atoms with van der Waals surface area (Å²) in [5, 5.41) is 3.47. The van der Waals surface area contributed by atoms with Crippen LogP contribution in [0.15, 0.2) is 22.7 Å². The average molecular weight is 353 g/mol. The molecular weight excluding hydrogens is 324 g/mol. The van der Waals surface area contributed by atoms with E-state index in [0.717, 1.165) is 12.5 Å². The molecule has 0 bridgehead atoms. The zero-order valence-corrected chi connectivity index (χ0v) is 15.2. The van der Waals surface area contributed by atoms with E-state index in [1.165, 1.54) is 54.4 Å². The van der Waals surface area contributed by atoms with E-state index in [9.17, 15) is 0 Å². The van der Waals surface area contributed by atoms with Gasteiger partial charge in [0.2, 0.25) is 0 Å². The predicted molar refractivity (Wildman–Crippen MR) is 96.1 cm³/mol. The van der Waals surface area contributed by atoms with E-state index in [4.69, 9.17) is 0 Å². The van der Waals surface area contributed by atoms with Crippen molar-refractivity contribution in [3.8, 4) is 0 Å². The topological polar surface area (TPSA) is 15.3 Å². The third-order valence-electron chi connectivity index (χ3n) is 4.66. The average Bonchev–Trinajstić information content (AvgIpc) is 2.48. The monoisotopic (exact) mass is 352 g/mol. The molecule has 3 heteroatoms. The van der Waals surface area contributed by atoms with Crippen molar-refractivity contribution in [3.05, 3.63) is 28.2 Å². The second kappa shape index (κ2) is 8.19. The smallest absolute Gasteiger partial charge is 0.0375 e. The first-order valence-corrected chi connectivity index (χ1v) is 9.15. The molecule has 1 atom stereocenters. The molecule has 1 N–H and O–H groups in total. The molecule has 1 aliphatic carbocycles. The van der Waals surface area contributed by atoms with Crippen molar-refractivity contribution in [1.82, 2.24) is 5.32 Å². The molecule has 1 saturated carbocycles. The van der Waals surface area contributed by atoms with E-state index in [-0.39, 0.29) is 0 Å². The fourth-order valence-electron chi connectivity index (χ4n) is 3.38. The lowest BCUT2D eigenvalue weighted by atomic mass is 9.89. The van der Waals surface area contributed by atoms with Gasteiger partial charge in [0.1, 0.15) is 0 Å². The lowest BCUT2D eigenvalue weighted by molar-refractivity contribution is 0.362. The Morgan fingerprint density at radius 3 is 2.62 bits per heavy atom. The molecule has 0 radical (unpaired) electrons. The van der Waals surface area contributed by atoms with Gasteiger partial charge in [-0.05, 0) is 49.9 Å². The second-order valence-electron chi connectivity index (χ2n) is 6.37. The number of benzene rings is 1. The number of halogens is 1. The molecule has 0 saturated heterocycles. The number of rotatable bonds is 6. The van der Waals surface area contributed by atoms with Crippen LogP contribution >= 0.6 is 15.9 Å². The Bertz CT molecular complexity index is 441. The van der Waals surface area contributed by atoms with Gasteiger partial charge in [0.15, 0.2) is 0 Å². The summed E-state index contributed by atoms with van der Waals surface area (Å²) >= 11 is 3.74. The van der Waals surface area contributed by atoms with Gasteiger partial charge in [-0.15, -0.1) is 0 Å². The van der Waals surface area contributed by atoms with Crippen molar-refractivity contribution < 1.29 is 0 Å².